The van der Waals surface area contributed by atoms with E-state index in [1.54, 1.807) is 29.3 Å². The zero-order chi connectivity index (χ0) is 28.3. The number of piperidine rings is 2. The number of anilines is 2. The van der Waals surface area contributed by atoms with E-state index < -0.39 is 11.6 Å². The van der Waals surface area contributed by atoms with Gasteiger partial charge in [0.1, 0.15) is 12.0 Å². The number of amides is 1. The van der Waals surface area contributed by atoms with Crippen molar-refractivity contribution in [3.63, 3.8) is 0 Å². The predicted octanol–water partition coefficient (Wildman–Crippen LogP) is 4.89. The molecule has 0 spiro atoms. The van der Waals surface area contributed by atoms with E-state index in [1.165, 1.54) is 6.07 Å². The van der Waals surface area contributed by atoms with Crippen LogP contribution in [0.25, 0.3) is 0 Å². The Labute approximate surface area is 235 Å². The van der Waals surface area contributed by atoms with Gasteiger partial charge in [0.2, 0.25) is 0 Å². The molecule has 7 nitrogen and oxygen atoms in total. The number of alkyl halides is 1. The monoisotopic (exact) mass is 548 g/mol. The summed E-state index contributed by atoms with van der Waals surface area (Å²) in [5.41, 5.74) is 1.63. The number of benzene rings is 1. The van der Waals surface area contributed by atoms with Gasteiger partial charge in [0.25, 0.3) is 5.91 Å². The van der Waals surface area contributed by atoms with Crippen LogP contribution in [0.15, 0.2) is 76.5 Å². The summed E-state index contributed by atoms with van der Waals surface area (Å²) in [6.45, 7) is 9.80. The number of carbonyl (C=O) groups excluding carboxylic acids is 1. The number of hydrogen-bond acceptors (Lipinski definition) is 6. The summed E-state index contributed by atoms with van der Waals surface area (Å²) < 4.78 is 30.2. The average molecular weight is 549 g/mol. The minimum atomic E-state index is -1.85. The van der Waals surface area contributed by atoms with Crippen LogP contribution in [-0.2, 0) is 4.79 Å². The van der Waals surface area contributed by atoms with E-state index in [0.29, 0.717) is 45.6 Å². The highest BCUT2D eigenvalue weighted by atomic mass is 19.1. The predicted molar refractivity (Wildman–Crippen MR) is 158 cm³/mol. The first-order valence-corrected chi connectivity index (χ1v) is 14.0. The number of aliphatic imine (C=N–C) groups is 2. The number of allylic oxidation sites excluding steroid dienone is 5. The van der Waals surface area contributed by atoms with Crippen LogP contribution in [0.4, 0.5) is 20.2 Å². The lowest BCUT2D eigenvalue weighted by atomic mass is 9.90. The summed E-state index contributed by atoms with van der Waals surface area (Å²) in [4.78, 5) is 30.3. The van der Waals surface area contributed by atoms with Crippen molar-refractivity contribution in [2.24, 2.45) is 9.98 Å². The fourth-order valence-electron chi connectivity index (χ4n) is 6.30. The van der Waals surface area contributed by atoms with Crippen LogP contribution in [0.3, 0.4) is 0 Å². The number of hydrogen-bond donors (Lipinski definition) is 0. The molecule has 9 heteroatoms. The fraction of sp³-hybridized carbons (Fsp3) is 0.452. The van der Waals surface area contributed by atoms with E-state index in [2.05, 4.69) is 45.1 Å². The summed E-state index contributed by atoms with van der Waals surface area (Å²) in [5.74, 6) is -0.673. The Hall–Kier alpha value is -3.59. The highest BCUT2D eigenvalue weighted by Crippen LogP contribution is 2.44. The molecule has 212 valence electrons. The third-order valence-corrected chi connectivity index (χ3v) is 8.48. The average Bonchev–Trinajstić information content (AvgIpc) is 3.11. The smallest absolute Gasteiger partial charge is 0.260 e. The Morgan fingerprint density at radius 3 is 2.65 bits per heavy atom. The zero-order valence-electron chi connectivity index (χ0n) is 23.2. The fourth-order valence-corrected chi connectivity index (χ4v) is 6.30. The second-order valence-electron chi connectivity index (χ2n) is 10.9. The zero-order valence-corrected chi connectivity index (χ0v) is 23.2. The van der Waals surface area contributed by atoms with Crippen molar-refractivity contribution < 1.29 is 13.6 Å². The van der Waals surface area contributed by atoms with E-state index in [4.69, 9.17) is 4.99 Å². The van der Waals surface area contributed by atoms with Gasteiger partial charge in [0.05, 0.1) is 22.8 Å². The molecule has 1 aromatic rings. The first-order valence-electron chi connectivity index (χ1n) is 14.0. The van der Waals surface area contributed by atoms with Crippen LogP contribution >= 0.6 is 0 Å². The van der Waals surface area contributed by atoms with Gasteiger partial charge in [-0.25, -0.2) is 8.78 Å². The third kappa shape index (κ3) is 5.52. The maximum atomic E-state index is 16.0. The van der Waals surface area contributed by atoms with Gasteiger partial charge in [0.15, 0.2) is 5.67 Å². The molecule has 0 aliphatic carbocycles. The number of rotatable bonds is 7. The summed E-state index contributed by atoms with van der Waals surface area (Å²) in [7, 11) is 1.97. The second-order valence-corrected chi connectivity index (χ2v) is 10.9. The lowest BCUT2D eigenvalue weighted by molar-refractivity contribution is -0.148. The lowest BCUT2D eigenvalue weighted by Gasteiger charge is -2.44. The molecule has 1 unspecified atom stereocenters. The van der Waals surface area contributed by atoms with E-state index in [9.17, 15) is 9.18 Å². The number of halogens is 2. The molecule has 4 heterocycles. The molecule has 2 fully saturated rings. The van der Waals surface area contributed by atoms with Gasteiger partial charge in [-0.15, -0.1) is 0 Å². The van der Waals surface area contributed by atoms with Gasteiger partial charge in [-0.1, -0.05) is 24.8 Å². The Bertz CT molecular complexity index is 1250. The number of likely N-dealkylation sites (N-methyl/N-ethyl adjacent to an activating group) is 1. The van der Waals surface area contributed by atoms with Crippen molar-refractivity contribution in [2.75, 3.05) is 49.6 Å². The van der Waals surface area contributed by atoms with Crippen LogP contribution in [0.2, 0.25) is 0 Å². The Morgan fingerprint density at radius 1 is 1.20 bits per heavy atom. The normalized spacial score (nSPS) is 23.6. The number of nitrogens with zero attached hydrogens (tertiary/aromatic N) is 6. The molecule has 2 saturated heterocycles. The van der Waals surface area contributed by atoms with Crippen molar-refractivity contribution in [2.45, 2.75) is 50.0 Å². The molecule has 0 N–H and O–H groups in total. The summed E-state index contributed by atoms with van der Waals surface area (Å²) >= 11 is 0. The number of carbonyl (C=O) groups is 1. The van der Waals surface area contributed by atoms with Gasteiger partial charge >= 0.3 is 0 Å². The quantitative estimate of drug-likeness (QED) is 0.360. The molecule has 1 amide bonds. The molecule has 1 atom stereocenters. The lowest BCUT2D eigenvalue weighted by Crippen LogP contribution is -2.57. The van der Waals surface area contributed by atoms with Crippen molar-refractivity contribution in [1.82, 2.24) is 9.80 Å². The second kappa shape index (κ2) is 11.9. The molecule has 0 bridgehead atoms. The molecular weight excluding hydrogens is 510 g/mol. The third-order valence-electron chi connectivity index (χ3n) is 8.48. The van der Waals surface area contributed by atoms with Crippen molar-refractivity contribution >= 4 is 30.2 Å². The summed E-state index contributed by atoms with van der Waals surface area (Å²) in [5, 5.41) is 0. The Balaban J connectivity index is 1.26. The first-order chi connectivity index (χ1) is 19.3. The van der Waals surface area contributed by atoms with Crippen molar-refractivity contribution in [3.05, 3.63) is 72.4 Å². The maximum absolute atomic E-state index is 16.0. The molecule has 1 aromatic carbocycles. The van der Waals surface area contributed by atoms with Crippen LogP contribution in [0.5, 0.6) is 0 Å². The topological polar surface area (TPSA) is 54.8 Å². The maximum Gasteiger partial charge on any atom is 0.260 e. The van der Waals surface area contributed by atoms with E-state index in [0.717, 1.165) is 29.2 Å². The standard InChI is InChI=1S/C31H38F2N6O/c1-4-8-24(34-2)22-37-19-14-31(33,15-20-37)30(40)38-17-12-25(13-18-38)39-27-11-10-23(32)21-28(27)36(3)29(39)26-9-6-5-7-16-35-26/h4-5,7-11,16,21,25,29H,1-2,6,12-15,17-20,22H2,3H3/b24-8-. The summed E-state index contributed by atoms with van der Waals surface area (Å²) in [6, 6.07) is 5.00. The van der Waals surface area contributed by atoms with E-state index in [-0.39, 0.29) is 30.9 Å². The van der Waals surface area contributed by atoms with E-state index in [1.807, 2.05) is 19.2 Å². The molecule has 40 heavy (non-hydrogen) atoms. The molecular formula is C31H38F2N6O. The highest BCUT2D eigenvalue weighted by Gasteiger charge is 2.46. The molecule has 4 aliphatic heterocycles. The largest absolute Gasteiger partial charge is 0.347 e. The number of likely N-dealkylation sites (tertiary alicyclic amines) is 2. The minimum Gasteiger partial charge on any atom is -0.347 e. The van der Waals surface area contributed by atoms with Crippen molar-refractivity contribution in [1.29, 1.82) is 0 Å². The SMILES string of the molecule is C=C/C=C(/CN1CCC(F)(C(=O)N2CCC(N3c4ccc(F)cc4N(C)C3C3=CCC=CC=N3)CC2)CC1)N=C. The highest BCUT2D eigenvalue weighted by molar-refractivity contribution is 5.85. The van der Waals surface area contributed by atoms with Gasteiger partial charge in [-0.05, 0) is 56.3 Å². The van der Waals surface area contributed by atoms with Crippen LogP contribution in [0.1, 0.15) is 32.1 Å². The van der Waals surface area contributed by atoms with Crippen molar-refractivity contribution in [3.8, 4) is 0 Å². The Kier molecular flexibility index (Phi) is 8.30. The van der Waals surface area contributed by atoms with Crippen LogP contribution in [-0.4, -0.2) is 86.3 Å². The number of fused-ring (bicyclic) bond motifs is 1. The molecule has 0 aromatic heterocycles. The van der Waals surface area contributed by atoms with Gasteiger partial charge in [0, 0.05) is 64.9 Å². The van der Waals surface area contributed by atoms with Gasteiger partial charge in [-0.3, -0.25) is 19.7 Å². The molecule has 0 radical (unpaired) electrons. The van der Waals surface area contributed by atoms with Gasteiger partial charge < -0.3 is 14.7 Å². The van der Waals surface area contributed by atoms with Crippen LogP contribution in [0, 0.1) is 5.82 Å². The molecule has 0 saturated carbocycles. The van der Waals surface area contributed by atoms with Gasteiger partial charge in [-0.2, -0.15) is 0 Å². The Morgan fingerprint density at radius 2 is 1.95 bits per heavy atom. The molecule has 4 aliphatic rings. The summed E-state index contributed by atoms with van der Waals surface area (Å²) in [6.07, 6.45) is 13.7. The van der Waals surface area contributed by atoms with Crippen LogP contribution < -0.4 is 9.80 Å². The van der Waals surface area contributed by atoms with E-state index >= 15 is 4.39 Å². The first kappa shape index (κ1) is 28.0. The minimum absolute atomic E-state index is 0.106. The molecule has 5 rings (SSSR count).